The molecule has 0 saturated carbocycles. The van der Waals surface area contributed by atoms with Gasteiger partial charge in [0.15, 0.2) is 0 Å². The second-order valence-electron chi connectivity index (χ2n) is 8.44. The maximum Gasteiger partial charge on any atom is 0.00448 e. The van der Waals surface area contributed by atoms with Crippen molar-refractivity contribution in [2.45, 2.75) is 78.6 Å². The van der Waals surface area contributed by atoms with Crippen LogP contribution in [-0.4, -0.2) is 0 Å². The van der Waals surface area contributed by atoms with Crippen LogP contribution in [0.25, 0.3) is 0 Å². The van der Waals surface area contributed by atoms with Crippen molar-refractivity contribution in [3.63, 3.8) is 0 Å². The van der Waals surface area contributed by atoms with E-state index in [4.69, 9.17) is 0 Å². The fraction of sp³-hybridized carbons (Fsp3) is 0.812. The summed E-state index contributed by atoms with van der Waals surface area (Å²) in [6.45, 7) is 23.9. The van der Waals surface area contributed by atoms with E-state index in [9.17, 15) is 0 Å². The first-order valence-corrected chi connectivity index (χ1v) is 9.52. The summed E-state index contributed by atoms with van der Waals surface area (Å²) in [7, 11) is 1.44. The van der Waals surface area contributed by atoms with E-state index in [0.29, 0.717) is 16.2 Å². The lowest BCUT2D eigenvalue weighted by atomic mass is 9.86. The van der Waals surface area contributed by atoms with Crippen LogP contribution in [0.2, 0.25) is 0 Å². The summed E-state index contributed by atoms with van der Waals surface area (Å²) in [5.41, 5.74) is 0.947. The molecule has 0 fully saturated rings. The number of hydrogen-bond donors (Lipinski definition) is 0. The minimum absolute atomic E-state index is 0.0876. The largest absolute Gasteiger partial charge is 0.115 e. The zero-order valence-corrected chi connectivity index (χ0v) is 15.7. The number of hydrogen-bond acceptors (Lipinski definition) is 0. The van der Waals surface area contributed by atoms with Gasteiger partial charge in [0, 0.05) is 5.03 Å². The van der Waals surface area contributed by atoms with Gasteiger partial charge in [0.2, 0.25) is 0 Å². The Kier molecular flexibility index (Phi) is 4.20. The Morgan fingerprint density at radius 1 is 0.722 bits per heavy atom. The van der Waals surface area contributed by atoms with Crippen molar-refractivity contribution in [1.82, 2.24) is 0 Å². The molecule has 0 radical (unpaired) electrons. The van der Waals surface area contributed by atoms with E-state index in [2.05, 4.69) is 69.0 Å². The highest BCUT2D eigenvalue weighted by molar-refractivity contribution is 7.60. The average Bonchev–Trinajstić information content (AvgIpc) is 2.39. The molecular formula is C16H30P2. The zero-order chi connectivity index (χ0) is 14.5. The molecule has 104 valence electrons. The fourth-order valence-corrected chi connectivity index (χ4v) is 8.55. The van der Waals surface area contributed by atoms with E-state index >= 15 is 0 Å². The molecule has 1 aromatic rings. The van der Waals surface area contributed by atoms with E-state index in [1.54, 1.807) is 15.6 Å². The quantitative estimate of drug-likeness (QED) is 0.498. The Morgan fingerprint density at radius 2 is 1.17 bits per heavy atom. The van der Waals surface area contributed by atoms with Crippen LogP contribution in [0.15, 0.2) is 0 Å². The molecule has 2 heteroatoms. The third kappa shape index (κ3) is 3.20. The van der Waals surface area contributed by atoms with E-state index < -0.39 is 0 Å². The van der Waals surface area contributed by atoms with Gasteiger partial charge in [0.05, 0.1) is 0 Å². The topological polar surface area (TPSA) is 0 Å². The zero-order valence-electron chi connectivity index (χ0n) is 13.9. The molecule has 1 heterocycles. The van der Waals surface area contributed by atoms with Gasteiger partial charge >= 0.3 is 0 Å². The van der Waals surface area contributed by atoms with Gasteiger partial charge in [0.1, 0.15) is 0 Å². The first kappa shape index (κ1) is 16.3. The minimum atomic E-state index is -0.0876. The molecule has 18 heavy (non-hydrogen) atoms. The molecule has 0 aliphatic rings. The molecule has 0 amide bonds. The maximum atomic E-state index is 2.47. The second kappa shape index (κ2) is 4.64. The monoisotopic (exact) mass is 284 g/mol. The smallest absolute Gasteiger partial charge is 0.00448 e. The summed E-state index contributed by atoms with van der Waals surface area (Å²) in [6, 6.07) is 0. The Bertz CT molecular complexity index is 431. The van der Waals surface area contributed by atoms with Crippen molar-refractivity contribution >= 4 is 15.7 Å². The summed E-state index contributed by atoms with van der Waals surface area (Å²) in [5, 5.41) is 5.19. The number of rotatable bonds is 0. The lowest BCUT2D eigenvalue weighted by molar-refractivity contribution is 0.550. The second-order valence-corrected chi connectivity index (χ2v) is 11.9. The first-order valence-electron chi connectivity index (χ1n) is 6.84. The molecule has 1 unspecified atom stereocenters. The van der Waals surface area contributed by atoms with Gasteiger partial charge < -0.3 is 0 Å². The van der Waals surface area contributed by atoms with Crippen molar-refractivity contribution in [2.24, 2.45) is 6.66 Å². The van der Waals surface area contributed by atoms with Crippen LogP contribution in [0.4, 0.5) is 0 Å². The highest BCUT2D eigenvalue weighted by Gasteiger charge is 2.33. The predicted octanol–water partition coefficient (Wildman–Crippen LogP) is 6.68. The third-order valence-corrected chi connectivity index (χ3v) is 9.44. The fourth-order valence-electron chi connectivity index (χ4n) is 2.55. The average molecular weight is 284 g/mol. The summed E-state index contributed by atoms with van der Waals surface area (Å²) in [5.74, 6) is 0. The van der Waals surface area contributed by atoms with Crippen LogP contribution in [0, 0.1) is 0 Å². The minimum Gasteiger partial charge on any atom is -0.115 e. The van der Waals surface area contributed by atoms with E-state index in [0.717, 1.165) is 0 Å². The van der Waals surface area contributed by atoms with Gasteiger partial charge in [-0.25, -0.2) is 0 Å². The van der Waals surface area contributed by atoms with Gasteiger partial charge in [0.25, 0.3) is 0 Å². The molecule has 0 aromatic carbocycles. The van der Waals surface area contributed by atoms with Gasteiger partial charge in [-0.1, -0.05) is 70.5 Å². The summed E-state index contributed by atoms with van der Waals surface area (Å²) in [6.07, 6.45) is 0. The van der Waals surface area contributed by atoms with Crippen molar-refractivity contribution in [2.75, 3.05) is 0 Å². The lowest BCUT2D eigenvalue weighted by Crippen LogP contribution is -2.18. The predicted molar refractivity (Wildman–Crippen MR) is 88.7 cm³/mol. The van der Waals surface area contributed by atoms with Crippen LogP contribution < -0.4 is 0 Å². The van der Waals surface area contributed by atoms with Crippen molar-refractivity contribution in [3.05, 3.63) is 15.6 Å². The summed E-state index contributed by atoms with van der Waals surface area (Å²) >= 11 is 0. The molecule has 0 bridgehead atoms. The molecule has 0 nitrogen and oxygen atoms in total. The molecular weight excluding hydrogens is 254 g/mol. The Balaban J connectivity index is 3.63. The molecule has 0 aliphatic heterocycles. The molecule has 1 aromatic heterocycles. The van der Waals surface area contributed by atoms with E-state index in [1.807, 2.05) is 0 Å². The highest BCUT2D eigenvalue weighted by atomic mass is 31.1. The summed E-state index contributed by atoms with van der Waals surface area (Å²) < 4.78 is 0. The third-order valence-electron chi connectivity index (χ3n) is 3.19. The van der Waals surface area contributed by atoms with Crippen molar-refractivity contribution < 1.29 is 0 Å². The van der Waals surface area contributed by atoms with Crippen molar-refractivity contribution in [3.8, 4) is 0 Å². The molecule has 0 spiro atoms. The SMILES string of the molecule is Cp1c(C(C)(C)C)pc(C(C)(C)C)c1C(C)(C)C. The van der Waals surface area contributed by atoms with Crippen LogP contribution in [0.5, 0.6) is 0 Å². The van der Waals surface area contributed by atoms with E-state index in [1.165, 1.54) is 8.19 Å². The van der Waals surface area contributed by atoms with Crippen LogP contribution in [-0.2, 0) is 22.9 Å². The Labute approximate surface area is 117 Å². The van der Waals surface area contributed by atoms with Gasteiger partial charge in [-0.05, 0) is 33.5 Å². The van der Waals surface area contributed by atoms with Crippen LogP contribution in [0.3, 0.4) is 0 Å². The highest BCUT2D eigenvalue weighted by Crippen LogP contribution is 2.58. The van der Waals surface area contributed by atoms with Crippen LogP contribution >= 0.6 is 15.7 Å². The normalized spacial score (nSPS) is 15.6. The van der Waals surface area contributed by atoms with Crippen LogP contribution in [0.1, 0.15) is 77.9 Å². The van der Waals surface area contributed by atoms with E-state index in [-0.39, 0.29) is 7.53 Å². The molecule has 1 atom stereocenters. The molecule has 0 N–H and O–H groups in total. The summed E-state index contributed by atoms with van der Waals surface area (Å²) in [4.78, 5) is 0. The first-order chi connectivity index (χ1) is 7.76. The standard InChI is InChI=1S/C16H30P2/c1-14(2,3)11-12(15(4,5)6)18(10)13(17-11)16(7,8)9/h1-10H3. The molecule has 1 rings (SSSR count). The lowest BCUT2D eigenvalue weighted by Gasteiger charge is -2.28. The Hall–Kier alpha value is 0.210. The molecule has 0 saturated heterocycles. The maximum absolute atomic E-state index is 2.47. The van der Waals surface area contributed by atoms with Gasteiger partial charge in [-0.2, -0.15) is 0 Å². The van der Waals surface area contributed by atoms with Crippen molar-refractivity contribution in [1.29, 1.82) is 0 Å². The Morgan fingerprint density at radius 3 is 1.39 bits per heavy atom. The van der Waals surface area contributed by atoms with Gasteiger partial charge in [-0.15, -0.1) is 7.53 Å². The van der Waals surface area contributed by atoms with Gasteiger partial charge in [-0.3, -0.25) is 0 Å². The molecule has 0 aliphatic carbocycles.